The third kappa shape index (κ3) is 6.67. The van der Waals surface area contributed by atoms with Gasteiger partial charge < -0.3 is 15.1 Å². The van der Waals surface area contributed by atoms with Crippen molar-refractivity contribution >= 4 is 29.9 Å². The van der Waals surface area contributed by atoms with Gasteiger partial charge >= 0.3 is 0 Å². The molecule has 2 rings (SSSR count). The topological polar surface area (TPSA) is 34.1 Å². The maximum absolute atomic E-state index is 4.52. The van der Waals surface area contributed by atoms with Crippen molar-refractivity contribution < 1.29 is 0 Å². The number of hydrogen-bond acceptors (Lipinski definition) is 3. The van der Waals surface area contributed by atoms with Crippen molar-refractivity contribution in [3.05, 3.63) is 0 Å². The highest BCUT2D eigenvalue weighted by Crippen LogP contribution is 2.23. The van der Waals surface area contributed by atoms with Crippen LogP contribution in [0.5, 0.6) is 0 Å². The molecule has 2 heterocycles. The number of aliphatic imine (C=N–C) groups is 1. The Morgan fingerprint density at radius 1 is 1.12 bits per heavy atom. The summed E-state index contributed by atoms with van der Waals surface area (Å²) in [6, 6.07) is 0.564. The average Bonchev–Trinajstić information content (AvgIpc) is 2.96. The highest BCUT2D eigenvalue weighted by Gasteiger charge is 2.26. The molecule has 0 aromatic carbocycles. The molecular weight excluding hydrogens is 413 g/mol. The Balaban J connectivity index is 0.00000288. The Kier molecular flexibility index (Phi) is 9.89. The molecule has 2 saturated heterocycles. The molecule has 2 unspecified atom stereocenters. The smallest absolute Gasteiger partial charge is 0.193 e. The van der Waals surface area contributed by atoms with Gasteiger partial charge in [0.1, 0.15) is 0 Å². The van der Waals surface area contributed by atoms with Crippen LogP contribution in [-0.4, -0.2) is 86.6 Å². The van der Waals surface area contributed by atoms with Crippen molar-refractivity contribution in [2.75, 3.05) is 59.9 Å². The number of rotatable bonds is 5. The molecule has 1 N–H and O–H groups in total. The predicted octanol–water partition coefficient (Wildman–Crippen LogP) is 2.18. The van der Waals surface area contributed by atoms with Crippen molar-refractivity contribution in [1.82, 2.24) is 20.0 Å². The standard InChI is InChI=1S/C18H37N5.HI/c1-15(2)12-17-6-7-23(14-17)18(19-4)20-13-16(3)22-10-8-21(5)9-11-22;/h15-17H,6-14H2,1-5H3,(H,19,20);1H. The maximum atomic E-state index is 4.52. The van der Waals surface area contributed by atoms with E-state index in [1.807, 2.05) is 7.05 Å². The van der Waals surface area contributed by atoms with Crippen LogP contribution < -0.4 is 5.32 Å². The molecule has 0 amide bonds. The van der Waals surface area contributed by atoms with Gasteiger partial charge in [0.2, 0.25) is 0 Å². The Bertz CT molecular complexity index is 380. The molecule has 2 fully saturated rings. The number of nitrogens with one attached hydrogen (secondary N) is 1. The third-order valence-electron chi connectivity index (χ3n) is 5.32. The van der Waals surface area contributed by atoms with E-state index in [1.165, 1.54) is 45.6 Å². The first-order chi connectivity index (χ1) is 11.0. The van der Waals surface area contributed by atoms with Crippen LogP contribution in [0.4, 0.5) is 0 Å². The first-order valence-electron chi connectivity index (χ1n) is 9.37. The third-order valence-corrected chi connectivity index (χ3v) is 5.32. The summed E-state index contributed by atoms with van der Waals surface area (Å²) in [6.45, 7) is 15.0. The van der Waals surface area contributed by atoms with E-state index in [0.29, 0.717) is 6.04 Å². The van der Waals surface area contributed by atoms with E-state index >= 15 is 0 Å². The summed E-state index contributed by atoms with van der Waals surface area (Å²) in [5.41, 5.74) is 0. The summed E-state index contributed by atoms with van der Waals surface area (Å²) in [5, 5.41) is 3.61. The van der Waals surface area contributed by atoms with Gasteiger partial charge in [-0.05, 0) is 38.6 Å². The summed E-state index contributed by atoms with van der Waals surface area (Å²) in [6.07, 6.45) is 2.65. The number of piperazine rings is 1. The van der Waals surface area contributed by atoms with Gasteiger partial charge in [-0.1, -0.05) is 13.8 Å². The molecule has 0 aromatic rings. The van der Waals surface area contributed by atoms with Gasteiger partial charge in [0.25, 0.3) is 0 Å². The van der Waals surface area contributed by atoms with E-state index < -0.39 is 0 Å². The summed E-state index contributed by atoms with van der Waals surface area (Å²) < 4.78 is 0. The van der Waals surface area contributed by atoms with E-state index in [0.717, 1.165) is 30.9 Å². The van der Waals surface area contributed by atoms with Gasteiger partial charge in [0, 0.05) is 58.9 Å². The lowest BCUT2D eigenvalue weighted by molar-refractivity contribution is 0.119. The Morgan fingerprint density at radius 3 is 2.38 bits per heavy atom. The van der Waals surface area contributed by atoms with Gasteiger partial charge in [0.05, 0.1) is 0 Å². The summed E-state index contributed by atoms with van der Waals surface area (Å²) >= 11 is 0. The minimum atomic E-state index is 0. The van der Waals surface area contributed by atoms with Gasteiger partial charge in [-0.3, -0.25) is 9.89 Å². The van der Waals surface area contributed by atoms with Crippen LogP contribution >= 0.6 is 24.0 Å². The van der Waals surface area contributed by atoms with E-state index in [2.05, 4.69) is 52.8 Å². The van der Waals surface area contributed by atoms with Crippen LogP contribution in [0.3, 0.4) is 0 Å². The van der Waals surface area contributed by atoms with Gasteiger partial charge in [0.15, 0.2) is 5.96 Å². The van der Waals surface area contributed by atoms with Crippen LogP contribution in [0.25, 0.3) is 0 Å². The van der Waals surface area contributed by atoms with Crippen LogP contribution in [0.2, 0.25) is 0 Å². The molecule has 0 saturated carbocycles. The molecule has 2 aliphatic rings. The zero-order valence-corrected chi connectivity index (χ0v) is 18.6. The molecule has 0 aromatic heterocycles. The van der Waals surface area contributed by atoms with E-state index in [4.69, 9.17) is 0 Å². The molecule has 0 spiro atoms. The second kappa shape index (κ2) is 10.8. The first-order valence-corrected chi connectivity index (χ1v) is 9.37. The molecule has 24 heavy (non-hydrogen) atoms. The van der Waals surface area contributed by atoms with E-state index in [-0.39, 0.29) is 24.0 Å². The van der Waals surface area contributed by atoms with Crippen molar-refractivity contribution in [3.8, 4) is 0 Å². The highest BCUT2D eigenvalue weighted by atomic mass is 127. The van der Waals surface area contributed by atoms with Crippen LogP contribution in [0, 0.1) is 11.8 Å². The molecule has 6 heteroatoms. The Labute approximate surface area is 166 Å². The average molecular weight is 451 g/mol. The normalized spacial score (nSPS) is 25.0. The van der Waals surface area contributed by atoms with E-state index in [9.17, 15) is 0 Å². The summed E-state index contributed by atoms with van der Waals surface area (Å²) in [7, 11) is 4.13. The number of likely N-dealkylation sites (N-methyl/N-ethyl adjacent to an activating group) is 1. The van der Waals surface area contributed by atoms with Crippen molar-refractivity contribution in [2.45, 2.75) is 39.7 Å². The monoisotopic (exact) mass is 451 g/mol. The van der Waals surface area contributed by atoms with Crippen LogP contribution in [0.15, 0.2) is 4.99 Å². The molecule has 0 bridgehead atoms. The van der Waals surface area contributed by atoms with Crippen molar-refractivity contribution in [3.63, 3.8) is 0 Å². The molecule has 142 valence electrons. The molecule has 0 aliphatic carbocycles. The Hall–Kier alpha value is -0.0800. The molecule has 2 atom stereocenters. The predicted molar refractivity (Wildman–Crippen MR) is 114 cm³/mol. The molecule has 0 radical (unpaired) electrons. The molecule has 5 nitrogen and oxygen atoms in total. The number of nitrogens with zero attached hydrogens (tertiary/aromatic N) is 4. The zero-order valence-electron chi connectivity index (χ0n) is 16.3. The first kappa shape index (κ1) is 22.0. The Morgan fingerprint density at radius 2 is 1.79 bits per heavy atom. The van der Waals surface area contributed by atoms with Gasteiger partial charge in [-0.2, -0.15) is 0 Å². The fourth-order valence-corrected chi connectivity index (χ4v) is 3.85. The number of hydrogen-bond donors (Lipinski definition) is 1. The summed E-state index contributed by atoms with van der Waals surface area (Å²) in [5.74, 6) is 2.73. The van der Waals surface area contributed by atoms with Gasteiger partial charge in [-0.25, -0.2) is 0 Å². The van der Waals surface area contributed by atoms with Crippen LogP contribution in [0.1, 0.15) is 33.6 Å². The minimum absolute atomic E-state index is 0. The molecule has 2 aliphatic heterocycles. The molecular formula is C18H38IN5. The van der Waals surface area contributed by atoms with Gasteiger partial charge in [-0.15, -0.1) is 24.0 Å². The second-order valence-electron chi connectivity index (χ2n) is 7.85. The number of likely N-dealkylation sites (tertiary alicyclic amines) is 1. The largest absolute Gasteiger partial charge is 0.355 e. The lowest BCUT2D eigenvalue weighted by Crippen LogP contribution is -2.52. The van der Waals surface area contributed by atoms with Crippen molar-refractivity contribution in [1.29, 1.82) is 0 Å². The SMILES string of the molecule is CN=C(NCC(C)N1CCN(C)CC1)N1CCC(CC(C)C)C1.I. The fraction of sp³-hybridized carbons (Fsp3) is 0.944. The van der Waals surface area contributed by atoms with Crippen LogP contribution in [-0.2, 0) is 0 Å². The lowest BCUT2D eigenvalue weighted by atomic mass is 9.97. The zero-order chi connectivity index (χ0) is 16.8. The lowest BCUT2D eigenvalue weighted by Gasteiger charge is -2.37. The second-order valence-corrected chi connectivity index (χ2v) is 7.85. The quantitative estimate of drug-likeness (QED) is 0.395. The van der Waals surface area contributed by atoms with E-state index in [1.54, 1.807) is 0 Å². The van der Waals surface area contributed by atoms with Crippen molar-refractivity contribution in [2.24, 2.45) is 16.8 Å². The minimum Gasteiger partial charge on any atom is -0.355 e. The fourth-order valence-electron chi connectivity index (χ4n) is 3.85. The number of halogens is 1. The highest BCUT2D eigenvalue weighted by molar-refractivity contribution is 14.0. The maximum Gasteiger partial charge on any atom is 0.193 e. The number of guanidine groups is 1. The summed E-state index contributed by atoms with van der Waals surface area (Å²) in [4.78, 5) is 12.0.